The molecule has 0 spiro atoms. The Hall–Kier alpha value is -1.63. The molecule has 2 rings (SSSR count). The van der Waals surface area contributed by atoms with Crippen molar-refractivity contribution in [2.24, 2.45) is 0 Å². The van der Waals surface area contributed by atoms with Crippen molar-refractivity contribution in [1.82, 2.24) is 20.4 Å². The number of amides is 1. The molecule has 0 aromatic carbocycles. The maximum Gasteiger partial charge on any atom is 0.312 e. The van der Waals surface area contributed by atoms with Gasteiger partial charge in [-0.05, 0) is 39.3 Å². The van der Waals surface area contributed by atoms with Gasteiger partial charge in [0.2, 0.25) is 11.8 Å². The number of carbonyl (C=O) groups is 1. The molecule has 1 saturated heterocycles. The summed E-state index contributed by atoms with van der Waals surface area (Å²) in [4.78, 5) is 14.3. The van der Waals surface area contributed by atoms with Gasteiger partial charge in [0.25, 0.3) is 0 Å². The van der Waals surface area contributed by atoms with E-state index in [0.717, 1.165) is 45.3 Å². The van der Waals surface area contributed by atoms with E-state index in [1.54, 1.807) is 0 Å². The smallest absolute Gasteiger partial charge is 0.312 e. The standard InChI is InChI=1S/C14H25N5O2/c1-3-4-7-16-12(20)10(2)19-8-5-11(6-9-19)13-17-18-14(15)21-13/h10-11H,3-9H2,1-2H3,(H2,15,18)(H,16,20)/t10-/m1/s1. The van der Waals surface area contributed by atoms with Crippen molar-refractivity contribution in [2.75, 3.05) is 25.4 Å². The lowest BCUT2D eigenvalue weighted by Crippen LogP contribution is -2.48. The number of piperidine rings is 1. The zero-order valence-electron chi connectivity index (χ0n) is 12.8. The number of nitrogens with two attached hydrogens (primary N) is 1. The Morgan fingerprint density at radius 3 is 2.76 bits per heavy atom. The average molecular weight is 295 g/mol. The summed E-state index contributed by atoms with van der Waals surface area (Å²) in [6.07, 6.45) is 3.94. The largest absolute Gasteiger partial charge is 0.408 e. The molecular weight excluding hydrogens is 270 g/mol. The van der Waals surface area contributed by atoms with Gasteiger partial charge in [-0.25, -0.2) is 0 Å². The van der Waals surface area contributed by atoms with Crippen molar-refractivity contribution in [1.29, 1.82) is 0 Å². The molecule has 1 amide bonds. The van der Waals surface area contributed by atoms with E-state index >= 15 is 0 Å². The molecule has 0 radical (unpaired) electrons. The Kier molecular flexibility index (Phi) is 5.55. The van der Waals surface area contributed by atoms with Crippen LogP contribution in [0.1, 0.15) is 51.3 Å². The molecule has 0 saturated carbocycles. The van der Waals surface area contributed by atoms with E-state index in [0.29, 0.717) is 5.89 Å². The second-order valence-corrected chi connectivity index (χ2v) is 5.61. The number of anilines is 1. The van der Waals surface area contributed by atoms with Crippen molar-refractivity contribution in [2.45, 2.75) is 51.5 Å². The van der Waals surface area contributed by atoms with Gasteiger partial charge in [0.15, 0.2) is 0 Å². The summed E-state index contributed by atoms with van der Waals surface area (Å²) in [6.45, 7) is 6.55. The highest BCUT2D eigenvalue weighted by Crippen LogP contribution is 2.28. The highest BCUT2D eigenvalue weighted by molar-refractivity contribution is 5.81. The molecular formula is C14H25N5O2. The number of carbonyl (C=O) groups excluding carboxylic acids is 1. The molecule has 1 fully saturated rings. The van der Waals surface area contributed by atoms with Crippen LogP contribution in [0.5, 0.6) is 0 Å². The molecule has 1 aliphatic rings. The fraction of sp³-hybridized carbons (Fsp3) is 0.786. The van der Waals surface area contributed by atoms with E-state index in [1.807, 2.05) is 6.92 Å². The molecule has 0 aliphatic carbocycles. The van der Waals surface area contributed by atoms with Crippen molar-refractivity contribution < 1.29 is 9.21 Å². The second-order valence-electron chi connectivity index (χ2n) is 5.61. The van der Waals surface area contributed by atoms with Crippen LogP contribution in [0.2, 0.25) is 0 Å². The first kappa shape index (κ1) is 15.8. The third kappa shape index (κ3) is 4.17. The maximum atomic E-state index is 12.1. The van der Waals surface area contributed by atoms with Gasteiger partial charge in [-0.3, -0.25) is 9.69 Å². The summed E-state index contributed by atoms with van der Waals surface area (Å²) in [5, 5.41) is 10.6. The van der Waals surface area contributed by atoms with E-state index in [9.17, 15) is 4.79 Å². The summed E-state index contributed by atoms with van der Waals surface area (Å²) < 4.78 is 5.29. The first-order valence-corrected chi connectivity index (χ1v) is 7.72. The fourth-order valence-corrected chi connectivity index (χ4v) is 2.65. The van der Waals surface area contributed by atoms with Gasteiger partial charge in [-0.15, -0.1) is 5.10 Å². The van der Waals surface area contributed by atoms with Crippen LogP contribution in [-0.2, 0) is 4.79 Å². The van der Waals surface area contributed by atoms with Crippen LogP contribution in [0.3, 0.4) is 0 Å². The number of hydrogen-bond donors (Lipinski definition) is 2. The van der Waals surface area contributed by atoms with E-state index in [2.05, 4.69) is 27.3 Å². The highest BCUT2D eigenvalue weighted by atomic mass is 16.4. The second kappa shape index (κ2) is 7.40. The molecule has 0 bridgehead atoms. The lowest BCUT2D eigenvalue weighted by atomic mass is 9.96. The van der Waals surface area contributed by atoms with Gasteiger partial charge in [0.1, 0.15) is 0 Å². The van der Waals surface area contributed by atoms with Gasteiger partial charge < -0.3 is 15.5 Å². The van der Waals surface area contributed by atoms with Gasteiger partial charge in [-0.2, -0.15) is 0 Å². The van der Waals surface area contributed by atoms with Crippen LogP contribution in [0.4, 0.5) is 6.01 Å². The molecule has 118 valence electrons. The summed E-state index contributed by atoms with van der Waals surface area (Å²) in [5.74, 6) is 0.984. The van der Waals surface area contributed by atoms with Crippen LogP contribution in [0, 0.1) is 0 Å². The summed E-state index contributed by atoms with van der Waals surface area (Å²) in [6, 6.07) is 0.0339. The van der Waals surface area contributed by atoms with Gasteiger partial charge in [-0.1, -0.05) is 18.4 Å². The minimum Gasteiger partial charge on any atom is -0.408 e. The molecule has 21 heavy (non-hydrogen) atoms. The molecule has 1 atom stereocenters. The van der Waals surface area contributed by atoms with E-state index in [4.69, 9.17) is 10.2 Å². The predicted molar refractivity (Wildman–Crippen MR) is 79.6 cm³/mol. The van der Waals surface area contributed by atoms with Crippen LogP contribution >= 0.6 is 0 Å². The third-order valence-electron chi connectivity index (χ3n) is 4.09. The lowest BCUT2D eigenvalue weighted by Gasteiger charge is -2.34. The molecule has 1 aromatic rings. The number of rotatable bonds is 6. The van der Waals surface area contributed by atoms with Crippen molar-refractivity contribution in [3.05, 3.63) is 5.89 Å². The molecule has 3 N–H and O–H groups in total. The topological polar surface area (TPSA) is 97.3 Å². The average Bonchev–Trinajstić information content (AvgIpc) is 2.93. The maximum absolute atomic E-state index is 12.1. The molecule has 2 heterocycles. The minimum atomic E-state index is -0.0874. The van der Waals surface area contributed by atoms with Crippen molar-refractivity contribution >= 4 is 11.9 Å². The third-order valence-corrected chi connectivity index (χ3v) is 4.09. The van der Waals surface area contributed by atoms with E-state index in [1.165, 1.54) is 0 Å². The summed E-state index contributed by atoms with van der Waals surface area (Å²) in [7, 11) is 0. The molecule has 7 nitrogen and oxygen atoms in total. The number of nitrogen functional groups attached to an aromatic ring is 1. The quantitative estimate of drug-likeness (QED) is 0.764. The molecule has 7 heteroatoms. The van der Waals surface area contributed by atoms with Crippen molar-refractivity contribution in [3.63, 3.8) is 0 Å². The Balaban J connectivity index is 1.78. The molecule has 1 aromatic heterocycles. The van der Waals surface area contributed by atoms with Crippen LogP contribution in [-0.4, -0.2) is 46.7 Å². The minimum absolute atomic E-state index is 0.0874. The first-order valence-electron chi connectivity index (χ1n) is 7.72. The number of aromatic nitrogens is 2. The van der Waals surface area contributed by atoms with Crippen LogP contribution in [0.25, 0.3) is 0 Å². The number of unbranched alkanes of at least 4 members (excludes halogenated alkanes) is 1. The summed E-state index contributed by atoms with van der Waals surface area (Å²) in [5.41, 5.74) is 5.45. The van der Waals surface area contributed by atoms with Crippen LogP contribution in [0.15, 0.2) is 4.42 Å². The van der Waals surface area contributed by atoms with Crippen molar-refractivity contribution in [3.8, 4) is 0 Å². The normalized spacial score (nSPS) is 18.6. The van der Waals surface area contributed by atoms with Gasteiger partial charge >= 0.3 is 6.01 Å². The Labute approximate surface area is 125 Å². The number of nitrogens with zero attached hydrogens (tertiary/aromatic N) is 3. The Morgan fingerprint density at radius 1 is 1.48 bits per heavy atom. The fourth-order valence-electron chi connectivity index (χ4n) is 2.65. The Bertz CT molecular complexity index is 454. The zero-order chi connectivity index (χ0) is 15.2. The highest BCUT2D eigenvalue weighted by Gasteiger charge is 2.29. The number of hydrogen-bond acceptors (Lipinski definition) is 6. The lowest BCUT2D eigenvalue weighted by molar-refractivity contribution is -0.126. The Morgan fingerprint density at radius 2 is 2.19 bits per heavy atom. The number of likely N-dealkylation sites (tertiary alicyclic amines) is 1. The van der Waals surface area contributed by atoms with E-state index in [-0.39, 0.29) is 23.9 Å². The zero-order valence-corrected chi connectivity index (χ0v) is 12.8. The first-order chi connectivity index (χ1) is 10.1. The van der Waals surface area contributed by atoms with Gasteiger partial charge in [0.05, 0.1) is 6.04 Å². The van der Waals surface area contributed by atoms with Gasteiger partial charge in [0, 0.05) is 12.5 Å². The SMILES string of the molecule is CCCCNC(=O)[C@@H](C)N1CCC(c2nnc(N)o2)CC1. The predicted octanol–water partition coefficient (Wildman–Crippen LogP) is 1.14. The summed E-state index contributed by atoms with van der Waals surface area (Å²) >= 11 is 0. The van der Waals surface area contributed by atoms with Crippen LogP contribution < -0.4 is 11.1 Å². The number of nitrogens with one attached hydrogen (secondary N) is 1. The molecule has 1 aliphatic heterocycles. The monoisotopic (exact) mass is 295 g/mol. The van der Waals surface area contributed by atoms with E-state index < -0.39 is 0 Å². The molecule has 0 unspecified atom stereocenters.